The summed E-state index contributed by atoms with van der Waals surface area (Å²) in [5.41, 5.74) is 0.899. The molecule has 0 unspecified atom stereocenters. The number of aromatic nitrogens is 3. The van der Waals surface area contributed by atoms with E-state index in [-0.39, 0.29) is 0 Å². The molecule has 2 aromatic rings. The van der Waals surface area contributed by atoms with Crippen molar-refractivity contribution in [3.8, 4) is 0 Å². The maximum Gasteiger partial charge on any atom is 0.154 e. The molecule has 78 valence electrons. The van der Waals surface area contributed by atoms with Crippen molar-refractivity contribution in [1.29, 1.82) is 0 Å². The second kappa shape index (κ2) is 3.62. The van der Waals surface area contributed by atoms with Crippen LogP contribution in [0.1, 0.15) is 12.8 Å². The molecule has 0 bridgehead atoms. The molecule has 0 aromatic carbocycles. The minimum absolute atomic E-state index is 0.865. The van der Waals surface area contributed by atoms with Gasteiger partial charge in [-0.1, -0.05) is 0 Å². The zero-order valence-corrected chi connectivity index (χ0v) is 10.3. The first-order chi connectivity index (χ1) is 7.33. The molecule has 4 nitrogen and oxygen atoms in total. The molecular formula is C10H11IN4. The SMILES string of the molecule is Ic1cnc2ccc(NCC3CC3)nn12. The molecule has 0 saturated heterocycles. The third-order valence-corrected chi connectivity index (χ3v) is 3.32. The van der Waals surface area contributed by atoms with Crippen LogP contribution in [0.5, 0.6) is 0 Å². The van der Waals surface area contributed by atoms with E-state index in [0.717, 1.165) is 27.6 Å². The molecule has 1 aliphatic carbocycles. The van der Waals surface area contributed by atoms with Crippen LogP contribution in [0.3, 0.4) is 0 Å². The maximum atomic E-state index is 4.47. The first kappa shape index (κ1) is 9.38. The molecule has 2 aromatic heterocycles. The Hall–Kier alpha value is -0.850. The number of imidazole rings is 1. The van der Waals surface area contributed by atoms with E-state index < -0.39 is 0 Å². The number of hydrogen-bond donors (Lipinski definition) is 1. The Labute approximate surface area is 101 Å². The fraction of sp³-hybridized carbons (Fsp3) is 0.400. The lowest BCUT2D eigenvalue weighted by atomic mass is 10.4. The van der Waals surface area contributed by atoms with E-state index in [4.69, 9.17) is 0 Å². The summed E-state index contributed by atoms with van der Waals surface area (Å²) in [6.45, 7) is 1.05. The van der Waals surface area contributed by atoms with E-state index in [9.17, 15) is 0 Å². The van der Waals surface area contributed by atoms with Gasteiger partial charge in [-0.2, -0.15) is 0 Å². The second-order valence-corrected chi connectivity index (χ2v) is 5.00. The molecule has 0 atom stereocenters. The van der Waals surface area contributed by atoms with Gasteiger partial charge < -0.3 is 5.32 Å². The molecule has 1 N–H and O–H groups in total. The van der Waals surface area contributed by atoms with E-state index in [2.05, 4.69) is 38.0 Å². The van der Waals surface area contributed by atoms with Gasteiger partial charge in [-0.05, 0) is 53.5 Å². The minimum atomic E-state index is 0.865. The van der Waals surface area contributed by atoms with E-state index in [1.165, 1.54) is 12.8 Å². The number of hydrogen-bond acceptors (Lipinski definition) is 3. The predicted octanol–water partition coefficient (Wildman–Crippen LogP) is 2.16. The molecule has 0 spiro atoms. The lowest BCUT2D eigenvalue weighted by Crippen LogP contribution is -2.07. The largest absolute Gasteiger partial charge is 0.368 e. The predicted molar refractivity (Wildman–Crippen MR) is 66.9 cm³/mol. The fourth-order valence-corrected chi connectivity index (χ4v) is 2.00. The van der Waals surface area contributed by atoms with Crippen molar-refractivity contribution in [2.45, 2.75) is 12.8 Å². The number of nitrogens with one attached hydrogen (secondary N) is 1. The molecule has 1 aliphatic rings. The average Bonchev–Trinajstić information content (AvgIpc) is 3.02. The van der Waals surface area contributed by atoms with Crippen LogP contribution in [0.2, 0.25) is 0 Å². The van der Waals surface area contributed by atoms with Crippen LogP contribution >= 0.6 is 22.6 Å². The number of halogens is 1. The van der Waals surface area contributed by atoms with E-state index in [1.54, 1.807) is 0 Å². The summed E-state index contributed by atoms with van der Waals surface area (Å²) < 4.78 is 2.90. The van der Waals surface area contributed by atoms with Gasteiger partial charge in [0.1, 0.15) is 9.52 Å². The smallest absolute Gasteiger partial charge is 0.154 e. The third-order valence-electron chi connectivity index (χ3n) is 2.59. The van der Waals surface area contributed by atoms with E-state index in [1.807, 2.05) is 22.8 Å². The van der Waals surface area contributed by atoms with Gasteiger partial charge in [-0.3, -0.25) is 0 Å². The first-order valence-corrected chi connectivity index (χ1v) is 6.15. The molecule has 0 radical (unpaired) electrons. The fourth-order valence-electron chi connectivity index (χ4n) is 1.51. The van der Waals surface area contributed by atoms with Crippen LogP contribution in [-0.4, -0.2) is 21.1 Å². The third kappa shape index (κ3) is 1.92. The summed E-state index contributed by atoms with van der Waals surface area (Å²) in [5, 5.41) is 7.82. The van der Waals surface area contributed by atoms with Crippen LogP contribution in [0.4, 0.5) is 5.82 Å². The average molecular weight is 314 g/mol. The quantitative estimate of drug-likeness (QED) is 0.883. The normalized spacial score (nSPS) is 15.8. The van der Waals surface area contributed by atoms with E-state index >= 15 is 0 Å². The highest BCUT2D eigenvalue weighted by Crippen LogP contribution is 2.28. The molecule has 3 rings (SSSR count). The van der Waals surface area contributed by atoms with Crippen molar-refractivity contribution >= 4 is 34.1 Å². The summed E-state index contributed by atoms with van der Waals surface area (Å²) in [5.74, 6) is 1.80. The van der Waals surface area contributed by atoms with Crippen LogP contribution in [0, 0.1) is 9.62 Å². The number of anilines is 1. The summed E-state index contributed by atoms with van der Waals surface area (Å²) in [6, 6.07) is 3.98. The topological polar surface area (TPSA) is 42.2 Å². The highest BCUT2D eigenvalue weighted by atomic mass is 127. The Balaban J connectivity index is 1.86. The number of rotatable bonds is 3. The van der Waals surface area contributed by atoms with Crippen molar-refractivity contribution in [1.82, 2.24) is 14.6 Å². The monoisotopic (exact) mass is 314 g/mol. The Morgan fingerprint density at radius 1 is 1.47 bits per heavy atom. The van der Waals surface area contributed by atoms with Gasteiger partial charge in [0.25, 0.3) is 0 Å². The van der Waals surface area contributed by atoms with Crippen LogP contribution in [-0.2, 0) is 0 Å². The summed E-state index contributed by atoms with van der Waals surface area (Å²) in [4.78, 5) is 4.23. The molecule has 5 heteroatoms. The van der Waals surface area contributed by atoms with Crippen molar-refractivity contribution in [2.75, 3.05) is 11.9 Å². The highest BCUT2D eigenvalue weighted by Gasteiger charge is 2.20. The van der Waals surface area contributed by atoms with Crippen LogP contribution in [0.25, 0.3) is 5.65 Å². The number of nitrogens with zero attached hydrogens (tertiary/aromatic N) is 3. The summed E-state index contributed by atoms with van der Waals surface area (Å²) in [7, 11) is 0. The molecule has 1 fully saturated rings. The lowest BCUT2D eigenvalue weighted by molar-refractivity contribution is 0.855. The van der Waals surface area contributed by atoms with Gasteiger partial charge in [0.2, 0.25) is 0 Å². The van der Waals surface area contributed by atoms with Gasteiger partial charge in [0, 0.05) is 6.54 Å². The van der Waals surface area contributed by atoms with Crippen molar-refractivity contribution in [3.63, 3.8) is 0 Å². The zero-order valence-electron chi connectivity index (χ0n) is 8.15. The van der Waals surface area contributed by atoms with Gasteiger partial charge in [0.05, 0.1) is 6.20 Å². The summed E-state index contributed by atoms with van der Waals surface area (Å²) in [6.07, 6.45) is 4.54. The van der Waals surface area contributed by atoms with Gasteiger partial charge in [0.15, 0.2) is 5.65 Å². The van der Waals surface area contributed by atoms with Gasteiger partial charge in [-0.15, -0.1) is 5.10 Å². The van der Waals surface area contributed by atoms with Crippen LogP contribution in [0.15, 0.2) is 18.3 Å². The summed E-state index contributed by atoms with van der Waals surface area (Å²) >= 11 is 2.23. The molecule has 1 saturated carbocycles. The van der Waals surface area contributed by atoms with E-state index in [0.29, 0.717) is 0 Å². The van der Waals surface area contributed by atoms with Crippen molar-refractivity contribution < 1.29 is 0 Å². The van der Waals surface area contributed by atoms with Gasteiger partial charge >= 0.3 is 0 Å². The lowest BCUT2D eigenvalue weighted by Gasteiger charge is -2.04. The molecular weight excluding hydrogens is 303 g/mol. The Kier molecular flexibility index (Phi) is 2.27. The Morgan fingerprint density at radius 2 is 2.33 bits per heavy atom. The first-order valence-electron chi connectivity index (χ1n) is 5.07. The zero-order chi connectivity index (χ0) is 10.3. The maximum absolute atomic E-state index is 4.47. The molecule has 0 aliphatic heterocycles. The Morgan fingerprint density at radius 3 is 3.13 bits per heavy atom. The van der Waals surface area contributed by atoms with Crippen molar-refractivity contribution in [2.24, 2.45) is 5.92 Å². The van der Waals surface area contributed by atoms with Gasteiger partial charge in [-0.25, -0.2) is 9.50 Å². The van der Waals surface area contributed by atoms with Crippen LogP contribution < -0.4 is 5.32 Å². The molecule has 2 heterocycles. The molecule has 15 heavy (non-hydrogen) atoms. The minimum Gasteiger partial charge on any atom is -0.368 e. The second-order valence-electron chi connectivity index (χ2n) is 3.89. The number of fused-ring (bicyclic) bond motifs is 1. The van der Waals surface area contributed by atoms with Crippen molar-refractivity contribution in [3.05, 3.63) is 22.0 Å². The molecule has 0 amide bonds. The Bertz CT molecular complexity index is 489. The standard InChI is InChI=1S/C10H11IN4/c11-8-6-13-10-4-3-9(14-15(8)10)12-5-7-1-2-7/h3-4,6-7H,1-2,5H2,(H,12,14). The highest BCUT2D eigenvalue weighted by molar-refractivity contribution is 14.1.